The first kappa shape index (κ1) is 11.3. The first-order chi connectivity index (χ1) is 6.19. The van der Waals surface area contributed by atoms with Crippen LogP contribution < -0.4 is 5.32 Å². The topological polar surface area (TPSA) is 15.3 Å². The van der Waals surface area contributed by atoms with E-state index in [0.29, 0.717) is 11.4 Å². The average Bonchev–Trinajstić information content (AvgIpc) is 2.48. The Balaban J connectivity index is 2.44. The molecule has 3 heteroatoms. The third-order valence-corrected chi connectivity index (χ3v) is 4.53. The van der Waals surface area contributed by atoms with Crippen molar-refractivity contribution in [3.05, 3.63) is 0 Å². The minimum absolute atomic E-state index is 0.681. The van der Waals surface area contributed by atoms with Gasteiger partial charge in [0.05, 0.1) is 5.37 Å². The van der Waals surface area contributed by atoms with Crippen molar-refractivity contribution in [2.45, 2.75) is 50.3 Å². The fraction of sp³-hybridized carbons (Fsp3) is 1.00. The van der Waals surface area contributed by atoms with E-state index in [1.807, 2.05) is 0 Å². The van der Waals surface area contributed by atoms with E-state index >= 15 is 0 Å². The van der Waals surface area contributed by atoms with Crippen molar-refractivity contribution in [3.8, 4) is 0 Å². The normalized spacial score (nSPS) is 32.3. The zero-order valence-corrected chi connectivity index (χ0v) is 10.0. The molecular formula is C10H22N2S. The Labute approximate surface area is 86.5 Å². The van der Waals surface area contributed by atoms with Crippen molar-refractivity contribution >= 4 is 11.8 Å². The zero-order chi connectivity index (χ0) is 9.84. The van der Waals surface area contributed by atoms with E-state index in [2.05, 4.69) is 49.8 Å². The standard InChI is InChI=1S/C10H22N2S/c1-5-8(3)13-10-9(6-2)11-7-12(10)4/h8-11H,5-7H2,1-4H3. The Morgan fingerprint density at radius 1 is 1.54 bits per heavy atom. The number of likely N-dealkylation sites (N-methyl/N-ethyl adjacent to an activating group) is 1. The lowest BCUT2D eigenvalue weighted by molar-refractivity contribution is 0.377. The van der Waals surface area contributed by atoms with Crippen molar-refractivity contribution in [1.29, 1.82) is 0 Å². The van der Waals surface area contributed by atoms with Crippen molar-refractivity contribution in [3.63, 3.8) is 0 Å². The molecule has 0 aromatic carbocycles. The monoisotopic (exact) mass is 202 g/mol. The van der Waals surface area contributed by atoms with Crippen LogP contribution in [0.1, 0.15) is 33.6 Å². The smallest absolute Gasteiger partial charge is 0.0723 e. The molecule has 0 amide bonds. The molecule has 1 rings (SSSR count). The Hall–Kier alpha value is 0.270. The van der Waals surface area contributed by atoms with Crippen LogP contribution in [0.15, 0.2) is 0 Å². The van der Waals surface area contributed by atoms with E-state index in [0.717, 1.165) is 11.9 Å². The van der Waals surface area contributed by atoms with Gasteiger partial charge in [0.1, 0.15) is 0 Å². The van der Waals surface area contributed by atoms with Gasteiger partial charge < -0.3 is 0 Å². The SMILES string of the molecule is CCC(C)SC1C(CC)NCN1C. The Morgan fingerprint density at radius 2 is 2.23 bits per heavy atom. The molecule has 0 saturated carbocycles. The lowest BCUT2D eigenvalue weighted by Crippen LogP contribution is -2.32. The summed E-state index contributed by atoms with van der Waals surface area (Å²) in [5, 5.41) is 5.00. The van der Waals surface area contributed by atoms with E-state index < -0.39 is 0 Å². The van der Waals surface area contributed by atoms with E-state index in [9.17, 15) is 0 Å². The van der Waals surface area contributed by atoms with Gasteiger partial charge in [-0.25, -0.2) is 0 Å². The number of rotatable bonds is 4. The molecule has 1 aliphatic heterocycles. The zero-order valence-electron chi connectivity index (χ0n) is 9.21. The summed E-state index contributed by atoms with van der Waals surface area (Å²) in [6.07, 6.45) is 2.50. The molecule has 1 saturated heterocycles. The number of thioether (sulfide) groups is 1. The Bertz CT molecular complexity index is 152. The molecule has 1 aliphatic rings. The molecule has 0 aliphatic carbocycles. The molecule has 0 aromatic rings. The van der Waals surface area contributed by atoms with Gasteiger partial charge in [-0.1, -0.05) is 20.8 Å². The summed E-state index contributed by atoms with van der Waals surface area (Å²) < 4.78 is 0. The summed E-state index contributed by atoms with van der Waals surface area (Å²) in [5.41, 5.74) is 0. The van der Waals surface area contributed by atoms with Crippen molar-refractivity contribution in [2.75, 3.05) is 13.7 Å². The van der Waals surface area contributed by atoms with Crippen LogP contribution >= 0.6 is 11.8 Å². The van der Waals surface area contributed by atoms with Crippen LogP contribution in [0.25, 0.3) is 0 Å². The summed E-state index contributed by atoms with van der Waals surface area (Å²) in [5.74, 6) is 0. The highest BCUT2D eigenvalue weighted by Gasteiger charge is 2.31. The second-order valence-corrected chi connectivity index (χ2v) is 5.44. The van der Waals surface area contributed by atoms with E-state index in [4.69, 9.17) is 0 Å². The van der Waals surface area contributed by atoms with Crippen LogP contribution in [0, 0.1) is 0 Å². The second kappa shape index (κ2) is 5.23. The van der Waals surface area contributed by atoms with Crippen molar-refractivity contribution < 1.29 is 0 Å². The Kier molecular flexibility index (Phi) is 4.56. The predicted molar refractivity (Wildman–Crippen MR) is 61.0 cm³/mol. The van der Waals surface area contributed by atoms with Gasteiger partial charge in [-0.3, -0.25) is 10.2 Å². The highest BCUT2D eigenvalue weighted by Crippen LogP contribution is 2.28. The number of hydrogen-bond donors (Lipinski definition) is 1. The van der Waals surface area contributed by atoms with Crippen LogP contribution in [-0.2, 0) is 0 Å². The van der Waals surface area contributed by atoms with Gasteiger partial charge >= 0.3 is 0 Å². The number of hydrogen-bond acceptors (Lipinski definition) is 3. The summed E-state index contributed by atoms with van der Waals surface area (Å²) >= 11 is 2.11. The average molecular weight is 202 g/mol. The quantitative estimate of drug-likeness (QED) is 0.752. The summed E-state index contributed by atoms with van der Waals surface area (Å²) in [4.78, 5) is 2.42. The molecule has 1 heterocycles. The maximum Gasteiger partial charge on any atom is 0.0723 e. The molecule has 0 bridgehead atoms. The van der Waals surface area contributed by atoms with Gasteiger partial charge in [0.25, 0.3) is 0 Å². The van der Waals surface area contributed by atoms with Crippen molar-refractivity contribution in [1.82, 2.24) is 10.2 Å². The molecule has 1 fully saturated rings. The van der Waals surface area contributed by atoms with E-state index in [1.165, 1.54) is 12.8 Å². The molecular weight excluding hydrogens is 180 g/mol. The van der Waals surface area contributed by atoms with E-state index in [-0.39, 0.29) is 0 Å². The molecule has 13 heavy (non-hydrogen) atoms. The van der Waals surface area contributed by atoms with Gasteiger partial charge in [0.15, 0.2) is 0 Å². The first-order valence-electron chi connectivity index (χ1n) is 5.28. The van der Waals surface area contributed by atoms with Crippen LogP contribution in [0.4, 0.5) is 0 Å². The molecule has 0 aromatic heterocycles. The second-order valence-electron chi connectivity index (χ2n) is 3.88. The molecule has 3 atom stereocenters. The number of nitrogens with zero attached hydrogens (tertiary/aromatic N) is 1. The lowest BCUT2D eigenvalue weighted by Gasteiger charge is -2.25. The fourth-order valence-corrected chi connectivity index (χ4v) is 3.07. The minimum atomic E-state index is 0.681. The largest absolute Gasteiger partial charge is 0.299 e. The molecule has 0 radical (unpaired) electrons. The molecule has 2 nitrogen and oxygen atoms in total. The third-order valence-electron chi connectivity index (χ3n) is 2.77. The van der Waals surface area contributed by atoms with E-state index in [1.54, 1.807) is 0 Å². The fourth-order valence-electron chi connectivity index (χ4n) is 1.64. The predicted octanol–water partition coefficient (Wildman–Crippen LogP) is 2.12. The maximum atomic E-state index is 3.54. The van der Waals surface area contributed by atoms with Gasteiger partial charge in [-0.05, 0) is 19.9 Å². The lowest BCUT2D eigenvalue weighted by atomic mass is 10.2. The van der Waals surface area contributed by atoms with Gasteiger partial charge in [0, 0.05) is 18.0 Å². The van der Waals surface area contributed by atoms with Gasteiger partial charge in [-0.2, -0.15) is 0 Å². The highest BCUT2D eigenvalue weighted by molar-refractivity contribution is 8.00. The maximum absolute atomic E-state index is 3.54. The summed E-state index contributed by atoms with van der Waals surface area (Å²) in [6.45, 7) is 7.90. The molecule has 3 unspecified atom stereocenters. The molecule has 78 valence electrons. The van der Waals surface area contributed by atoms with Crippen LogP contribution in [0.5, 0.6) is 0 Å². The number of nitrogens with one attached hydrogen (secondary N) is 1. The first-order valence-corrected chi connectivity index (χ1v) is 6.22. The van der Waals surface area contributed by atoms with Crippen LogP contribution in [0.3, 0.4) is 0 Å². The highest BCUT2D eigenvalue weighted by atomic mass is 32.2. The Morgan fingerprint density at radius 3 is 2.77 bits per heavy atom. The van der Waals surface area contributed by atoms with Crippen molar-refractivity contribution in [2.24, 2.45) is 0 Å². The van der Waals surface area contributed by atoms with Crippen LogP contribution in [-0.4, -0.2) is 35.3 Å². The van der Waals surface area contributed by atoms with Gasteiger partial charge in [0.2, 0.25) is 0 Å². The van der Waals surface area contributed by atoms with Crippen LogP contribution in [0.2, 0.25) is 0 Å². The summed E-state index contributed by atoms with van der Waals surface area (Å²) in [6, 6.07) is 0.684. The molecule has 0 spiro atoms. The third kappa shape index (κ3) is 2.86. The minimum Gasteiger partial charge on any atom is -0.299 e. The molecule has 1 N–H and O–H groups in total. The summed E-state index contributed by atoms with van der Waals surface area (Å²) in [7, 11) is 2.21. The van der Waals surface area contributed by atoms with Gasteiger partial charge in [-0.15, -0.1) is 11.8 Å².